The van der Waals surface area contributed by atoms with E-state index in [1.54, 1.807) is 0 Å². The molecule has 0 spiro atoms. The fraction of sp³-hybridized carbons (Fsp3) is 0.0741. The minimum Gasteiger partial charge on any atom is -0.295 e. The molecule has 4 aromatic heterocycles. The summed E-state index contributed by atoms with van der Waals surface area (Å²) in [5, 5.41) is 3.37. The van der Waals surface area contributed by atoms with E-state index in [1.165, 1.54) is 39.1 Å². The highest BCUT2D eigenvalue weighted by Gasteiger charge is 2.29. The first-order valence-electron chi connectivity index (χ1n) is 10.6. The zero-order valence-electron chi connectivity index (χ0n) is 16.6. The SMILES string of the molecule is c1ccc2c(c1)Cc1cc3c(cc1-2)Cc1c-3nc2c3cnccc3c3cnccc3n12. The highest BCUT2D eigenvalue weighted by Crippen LogP contribution is 2.45. The molecule has 0 atom stereocenters. The number of benzene rings is 2. The maximum Gasteiger partial charge on any atom is 0.147 e. The third-order valence-electron chi connectivity index (χ3n) is 6.99. The molecule has 0 saturated carbocycles. The number of pyridine rings is 3. The number of hydrogen-bond donors (Lipinski definition) is 0. The minimum atomic E-state index is 0.893. The number of imidazole rings is 1. The van der Waals surface area contributed by atoms with Crippen LogP contribution in [0.2, 0.25) is 0 Å². The number of aromatic nitrogens is 4. The molecule has 6 aromatic rings. The summed E-state index contributed by atoms with van der Waals surface area (Å²) in [7, 11) is 0. The first-order chi connectivity index (χ1) is 15.4. The highest BCUT2D eigenvalue weighted by atomic mass is 15.0. The van der Waals surface area contributed by atoms with Gasteiger partial charge in [0.25, 0.3) is 0 Å². The molecule has 8 rings (SSSR count). The van der Waals surface area contributed by atoms with E-state index in [2.05, 4.69) is 62.9 Å². The third-order valence-corrected chi connectivity index (χ3v) is 6.99. The minimum absolute atomic E-state index is 0.893. The summed E-state index contributed by atoms with van der Waals surface area (Å²) in [6.07, 6.45) is 9.50. The maximum absolute atomic E-state index is 5.19. The molecule has 2 aliphatic rings. The number of hydrogen-bond acceptors (Lipinski definition) is 3. The number of nitrogens with zero attached hydrogens (tertiary/aromatic N) is 4. The first-order valence-corrected chi connectivity index (χ1v) is 10.6. The maximum atomic E-state index is 5.19. The van der Waals surface area contributed by atoms with Crippen molar-refractivity contribution < 1.29 is 0 Å². The van der Waals surface area contributed by atoms with Crippen molar-refractivity contribution >= 4 is 27.3 Å². The molecule has 31 heavy (non-hydrogen) atoms. The van der Waals surface area contributed by atoms with Gasteiger partial charge in [-0.3, -0.25) is 14.4 Å². The van der Waals surface area contributed by atoms with E-state index in [4.69, 9.17) is 4.98 Å². The zero-order valence-corrected chi connectivity index (χ0v) is 16.6. The molecule has 0 bridgehead atoms. The Kier molecular flexibility index (Phi) is 2.72. The average Bonchev–Trinajstić information content (AvgIpc) is 3.47. The quantitative estimate of drug-likeness (QED) is 0.315. The largest absolute Gasteiger partial charge is 0.295 e. The van der Waals surface area contributed by atoms with Crippen LogP contribution in [0, 0.1) is 0 Å². The lowest BCUT2D eigenvalue weighted by Crippen LogP contribution is -1.97. The molecule has 0 N–H and O–H groups in total. The Hall–Kier alpha value is -4.05. The molecule has 0 unspecified atom stereocenters. The van der Waals surface area contributed by atoms with Crippen LogP contribution >= 0.6 is 0 Å². The fourth-order valence-electron chi connectivity index (χ4n) is 5.65. The Bertz CT molecular complexity index is 1740. The lowest BCUT2D eigenvalue weighted by molar-refractivity contribution is 1.09. The zero-order chi connectivity index (χ0) is 20.1. The predicted octanol–water partition coefficient (Wildman–Crippen LogP) is 5.57. The molecule has 4 heteroatoms. The van der Waals surface area contributed by atoms with Gasteiger partial charge in [-0.25, -0.2) is 4.98 Å². The molecule has 2 aromatic carbocycles. The van der Waals surface area contributed by atoms with Gasteiger partial charge >= 0.3 is 0 Å². The fourth-order valence-corrected chi connectivity index (χ4v) is 5.65. The van der Waals surface area contributed by atoms with Gasteiger partial charge in [0, 0.05) is 47.5 Å². The van der Waals surface area contributed by atoms with Crippen molar-refractivity contribution in [2.75, 3.05) is 0 Å². The van der Waals surface area contributed by atoms with Gasteiger partial charge in [0.05, 0.1) is 16.9 Å². The predicted molar refractivity (Wildman–Crippen MR) is 122 cm³/mol. The van der Waals surface area contributed by atoms with Crippen LogP contribution in [0.4, 0.5) is 0 Å². The van der Waals surface area contributed by atoms with Gasteiger partial charge < -0.3 is 0 Å². The van der Waals surface area contributed by atoms with Crippen LogP contribution < -0.4 is 0 Å². The summed E-state index contributed by atoms with van der Waals surface area (Å²) in [5.41, 5.74) is 12.8. The Morgan fingerprint density at radius 2 is 1.48 bits per heavy atom. The van der Waals surface area contributed by atoms with Gasteiger partial charge in [-0.2, -0.15) is 0 Å². The van der Waals surface area contributed by atoms with Crippen molar-refractivity contribution in [3.63, 3.8) is 0 Å². The van der Waals surface area contributed by atoms with Crippen LogP contribution in [0.15, 0.2) is 73.3 Å². The van der Waals surface area contributed by atoms with E-state index < -0.39 is 0 Å². The van der Waals surface area contributed by atoms with Crippen molar-refractivity contribution in [2.45, 2.75) is 12.8 Å². The van der Waals surface area contributed by atoms with Crippen molar-refractivity contribution in [1.82, 2.24) is 19.4 Å². The highest BCUT2D eigenvalue weighted by molar-refractivity contribution is 6.11. The molecule has 0 fully saturated rings. The standard InChI is InChI=1S/C27H16N4/c1-2-4-18-15(3-1)9-16-11-21-17(10-20(16)18)12-25-26(21)30-27-23-14-28-7-5-19(23)22-13-29-8-6-24(22)31(25)27/h1-8,10-11,13-14H,9,12H2. The Balaban J connectivity index is 1.46. The summed E-state index contributed by atoms with van der Waals surface area (Å²) in [6, 6.07) is 17.7. The van der Waals surface area contributed by atoms with Gasteiger partial charge in [-0.05, 0) is 63.9 Å². The van der Waals surface area contributed by atoms with Gasteiger partial charge in [-0.1, -0.05) is 24.3 Å². The van der Waals surface area contributed by atoms with Gasteiger partial charge in [0.15, 0.2) is 0 Å². The average molecular weight is 396 g/mol. The second kappa shape index (κ2) is 5.35. The molecule has 2 aliphatic carbocycles. The smallest absolute Gasteiger partial charge is 0.147 e. The van der Waals surface area contributed by atoms with E-state index in [0.29, 0.717) is 0 Å². The third kappa shape index (κ3) is 1.88. The van der Waals surface area contributed by atoms with Crippen LogP contribution in [0.3, 0.4) is 0 Å². The molecule has 0 aliphatic heterocycles. The number of fused-ring (bicyclic) bond motifs is 13. The van der Waals surface area contributed by atoms with E-state index in [1.807, 2.05) is 24.8 Å². The monoisotopic (exact) mass is 396 g/mol. The lowest BCUT2D eigenvalue weighted by Gasteiger charge is -2.09. The molecule has 4 nitrogen and oxygen atoms in total. The number of rotatable bonds is 0. The van der Waals surface area contributed by atoms with Crippen LogP contribution in [0.1, 0.15) is 22.4 Å². The molecule has 0 amide bonds. The van der Waals surface area contributed by atoms with E-state index in [9.17, 15) is 0 Å². The summed E-state index contributed by atoms with van der Waals surface area (Å²) < 4.78 is 2.33. The normalized spacial score (nSPS) is 13.5. The molecule has 0 radical (unpaired) electrons. The van der Waals surface area contributed by atoms with Crippen molar-refractivity contribution in [2.24, 2.45) is 0 Å². The second-order valence-corrected chi connectivity index (χ2v) is 8.56. The molecule has 0 saturated heterocycles. The Morgan fingerprint density at radius 1 is 0.677 bits per heavy atom. The van der Waals surface area contributed by atoms with Gasteiger partial charge in [-0.15, -0.1) is 0 Å². The van der Waals surface area contributed by atoms with E-state index >= 15 is 0 Å². The molecular formula is C27H16N4. The van der Waals surface area contributed by atoms with Crippen molar-refractivity contribution in [3.8, 4) is 22.4 Å². The topological polar surface area (TPSA) is 43.1 Å². The van der Waals surface area contributed by atoms with Crippen LogP contribution in [-0.2, 0) is 12.8 Å². The van der Waals surface area contributed by atoms with Crippen molar-refractivity contribution in [3.05, 3.63) is 95.7 Å². The summed E-state index contributed by atoms with van der Waals surface area (Å²) in [5.74, 6) is 0. The molecule has 144 valence electrons. The van der Waals surface area contributed by atoms with E-state index in [0.717, 1.165) is 45.9 Å². The molecular weight excluding hydrogens is 380 g/mol. The van der Waals surface area contributed by atoms with Gasteiger partial charge in [0.2, 0.25) is 0 Å². The van der Waals surface area contributed by atoms with Gasteiger partial charge in [0.1, 0.15) is 5.65 Å². The van der Waals surface area contributed by atoms with E-state index in [-0.39, 0.29) is 0 Å². The van der Waals surface area contributed by atoms with Crippen molar-refractivity contribution in [1.29, 1.82) is 0 Å². The second-order valence-electron chi connectivity index (χ2n) is 8.56. The summed E-state index contributed by atoms with van der Waals surface area (Å²) in [4.78, 5) is 14.0. The Morgan fingerprint density at radius 3 is 2.45 bits per heavy atom. The van der Waals surface area contributed by atoms with Crippen LogP contribution in [0.5, 0.6) is 0 Å². The lowest BCUT2D eigenvalue weighted by atomic mass is 9.99. The summed E-state index contributed by atoms with van der Waals surface area (Å²) >= 11 is 0. The van der Waals surface area contributed by atoms with Crippen LogP contribution in [0.25, 0.3) is 49.7 Å². The van der Waals surface area contributed by atoms with Crippen LogP contribution in [-0.4, -0.2) is 19.4 Å². The first kappa shape index (κ1) is 15.7. The Labute approximate surface area is 177 Å². The molecule has 4 heterocycles. The summed E-state index contributed by atoms with van der Waals surface area (Å²) in [6.45, 7) is 0.